The molecule has 0 saturated heterocycles. The van der Waals surface area contributed by atoms with Gasteiger partial charge in [0.25, 0.3) is 0 Å². The van der Waals surface area contributed by atoms with E-state index in [2.05, 4.69) is 18.3 Å². The summed E-state index contributed by atoms with van der Waals surface area (Å²) in [7, 11) is 1.70. The fourth-order valence-electron chi connectivity index (χ4n) is 1.92. The number of anilines is 1. The van der Waals surface area contributed by atoms with Gasteiger partial charge in [0.05, 0.1) is 12.8 Å². The van der Waals surface area contributed by atoms with Gasteiger partial charge in [0.15, 0.2) is 0 Å². The van der Waals surface area contributed by atoms with Gasteiger partial charge in [-0.05, 0) is 30.5 Å². The van der Waals surface area contributed by atoms with Crippen LogP contribution in [0.15, 0.2) is 12.1 Å². The summed E-state index contributed by atoms with van der Waals surface area (Å²) in [5.74, 6) is 0.914. The largest absolute Gasteiger partial charge is 0.495 e. The Balaban J connectivity index is 2.49. The number of hydrogen-bond acceptors (Lipinski definition) is 3. The molecule has 1 atom stereocenters. The molecule has 3 heteroatoms. The lowest BCUT2D eigenvalue weighted by Gasteiger charge is -2.26. The maximum atomic E-state index is 5.91. The van der Waals surface area contributed by atoms with Crippen molar-refractivity contribution < 1.29 is 4.74 Å². The van der Waals surface area contributed by atoms with Crippen molar-refractivity contribution in [3.05, 3.63) is 23.3 Å². The highest BCUT2D eigenvalue weighted by atomic mass is 16.5. The minimum Gasteiger partial charge on any atom is -0.495 e. The average molecular weight is 192 g/mol. The molecule has 1 heterocycles. The predicted octanol–water partition coefficient (Wildman–Crippen LogP) is 1.30. The number of fused-ring (bicyclic) bond motifs is 1. The first-order valence-corrected chi connectivity index (χ1v) is 4.88. The Kier molecular flexibility index (Phi) is 2.33. The van der Waals surface area contributed by atoms with E-state index in [1.54, 1.807) is 7.11 Å². The van der Waals surface area contributed by atoms with Gasteiger partial charge in [-0.1, -0.05) is 6.07 Å². The van der Waals surface area contributed by atoms with Crippen LogP contribution in [0.2, 0.25) is 0 Å². The van der Waals surface area contributed by atoms with E-state index in [1.165, 1.54) is 11.1 Å². The summed E-state index contributed by atoms with van der Waals surface area (Å²) in [5, 5.41) is 3.32. The summed E-state index contributed by atoms with van der Waals surface area (Å²) in [5.41, 5.74) is 9.60. The molecule has 0 aromatic heterocycles. The Morgan fingerprint density at radius 2 is 2.29 bits per heavy atom. The van der Waals surface area contributed by atoms with Crippen molar-refractivity contribution in [2.24, 2.45) is 5.73 Å². The van der Waals surface area contributed by atoms with E-state index in [1.807, 2.05) is 6.07 Å². The second kappa shape index (κ2) is 3.50. The molecule has 0 aliphatic carbocycles. The monoisotopic (exact) mass is 192 g/mol. The van der Waals surface area contributed by atoms with Crippen molar-refractivity contribution in [1.82, 2.24) is 0 Å². The Morgan fingerprint density at radius 3 is 3.00 bits per heavy atom. The second-order valence-corrected chi connectivity index (χ2v) is 3.78. The standard InChI is InChI=1S/C11H16N2O/c1-7-3-4-10(14-2)11-9(7)5-8(12)6-13-11/h3-4,8,13H,5-6,12H2,1-2H3. The van der Waals surface area contributed by atoms with Crippen LogP contribution in [0, 0.1) is 6.92 Å². The van der Waals surface area contributed by atoms with Crippen molar-refractivity contribution in [1.29, 1.82) is 0 Å². The number of aryl methyl sites for hydroxylation is 1. The van der Waals surface area contributed by atoms with Crippen LogP contribution >= 0.6 is 0 Å². The molecule has 0 radical (unpaired) electrons. The third-order valence-corrected chi connectivity index (χ3v) is 2.74. The van der Waals surface area contributed by atoms with Crippen LogP contribution in [-0.2, 0) is 6.42 Å². The number of nitrogens with one attached hydrogen (secondary N) is 1. The van der Waals surface area contributed by atoms with Gasteiger partial charge in [-0.25, -0.2) is 0 Å². The molecule has 1 aliphatic rings. The number of benzene rings is 1. The van der Waals surface area contributed by atoms with Crippen LogP contribution in [-0.4, -0.2) is 19.7 Å². The van der Waals surface area contributed by atoms with E-state index in [-0.39, 0.29) is 6.04 Å². The lowest BCUT2D eigenvalue weighted by Crippen LogP contribution is -2.35. The molecule has 1 aromatic rings. The fourth-order valence-corrected chi connectivity index (χ4v) is 1.92. The van der Waals surface area contributed by atoms with E-state index < -0.39 is 0 Å². The van der Waals surface area contributed by atoms with Gasteiger partial charge in [0.1, 0.15) is 5.75 Å². The van der Waals surface area contributed by atoms with E-state index in [0.717, 1.165) is 24.4 Å². The molecule has 0 bridgehead atoms. The highest BCUT2D eigenvalue weighted by Crippen LogP contribution is 2.33. The molecular weight excluding hydrogens is 176 g/mol. The van der Waals surface area contributed by atoms with Gasteiger partial charge in [-0.2, -0.15) is 0 Å². The summed E-state index contributed by atoms with van der Waals surface area (Å²) >= 11 is 0. The molecule has 1 aromatic carbocycles. The topological polar surface area (TPSA) is 47.3 Å². The average Bonchev–Trinajstić information content (AvgIpc) is 2.19. The van der Waals surface area contributed by atoms with Crippen LogP contribution in [0.25, 0.3) is 0 Å². The summed E-state index contributed by atoms with van der Waals surface area (Å²) in [4.78, 5) is 0. The molecule has 0 amide bonds. The molecular formula is C11H16N2O. The molecule has 1 aliphatic heterocycles. The maximum absolute atomic E-state index is 5.91. The van der Waals surface area contributed by atoms with E-state index >= 15 is 0 Å². The van der Waals surface area contributed by atoms with Crippen LogP contribution in [0.5, 0.6) is 5.75 Å². The van der Waals surface area contributed by atoms with Gasteiger partial charge in [0.2, 0.25) is 0 Å². The van der Waals surface area contributed by atoms with Gasteiger partial charge < -0.3 is 15.8 Å². The van der Waals surface area contributed by atoms with E-state index in [0.29, 0.717) is 0 Å². The number of hydrogen-bond donors (Lipinski definition) is 2. The Labute approximate surface area is 84.3 Å². The first-order valence-electron chi connectivity index (χ1n) is 4.88. The summed E-state index contributed by atoms with van der Waals surface area (Å²) in [6, 6.07) is 4.29. The van der Waals surface area contributed by atoms with Crippen LogP contribution in [0.3, 0.4) is 0 Å². The third kappa shape index (κ3) is 1.44. The molecule has 3 N–H and O–H groups in total. The Morgan fingerprint density at radius 1 is 1.50 bits per heavy atom. The van der Waals surface area contributed by atoms with Crippen molar-refractivity contribution in [3.63, 3.8) is 0 Å². The zero-order chi connectivity index (χ0) is 10.1. The molecule has 2 rings (SSSR count). The van der Waals surface area contributed by atoms with E-state index in [4.69, 9.17) is 10.5 Å². The summed E-state index contributed by atoms with van der Waals surface area (Å²) in [6.07, 6.45) is 0.936. The van der Waals surface area contributed by atoms with E-state index in [9.17, 15) is 0 Å². The Hall–Kier alpha value is -1.22. The van der Waals surface area contributed by atoms with Crippen LogP contribution < -0.4 is 15.8 Å². The van der Waals surface area contributed by atoms with Gasteiger partial charge in [0, 0.05) is 12.6 Å². The number of nitrogens with two attached hydrogens (primary N) is 1. The lowest BCUT2D eigenvalue weighted by molar-refractivity contribution is 0.414. The van der Waals surface area contributed by atoms with Gasteiger partial charge in [-0.3, -0.25) is 0 Å². The van der Waals surface area contributed by atoms with Crippen molar-refractivity contribution in [2.45, 2.75) is 19.4 Å². The van der Waals surface area contributed by atoms with Crippen molar-refractivity contribution in [2.75, 3.05) is 19.0 Å². The number of rotatable bonds is 1. The lowest BCUT2D eigenvalue weighted by atomic mass is 9.95. The molecule has 0 saturated carbocycles. The number of methoxy groups -OCH3 is 1. The quantitative estimate of drug-likeness (QED) is 0.705. The Bertz CT molecular complexity index is 349. The normalized spacial score (nSPS) is 19.8. The second-order valence-electron chi connectivity index (χ2n) is 3.78. The molecule has 0 fully saturated rings. The molecule has 3 nitrogen and oxygen atoms in total. The zero-order valence-electron chi connectivity index (χ0n) is 8.63. The van der Waals surface area contributed by atoms with Gasteiger partial charge in [-0.15, -0.1) is 0 Å². The molecule has 14 heavy (non-hydrogen) atoms. The zero-order valence-corrected chi connectivity index (χ0v) is 8.63. The number of ether oxygens (including phenoxy) is 1. The first kappa shape index (κ1) is 9.34. The highest BCUT2D eigenvalue weighted by molar-refractivity contribution is 5.66. The van der Waals surface area contributed by atoms with Crippen molar-refractivity contribution >= 4 is 5.69 Å². The molecule has 0 spiro atoms. The fraction of sp³-hybridized carbons (Fsp3) is 0.455. The third-order valence-electron chi connectivity index (χ3n) is 2.74. The van der Waals surface area contributed by atoms with Crippen LogP contribution in [0.1, 0.15) is 11.1 Å². The minimum absolute atomic E-state index is 0.216. The smallest absolute Gasteiger partial charge is 0.142 e. The summed E-state index contributed by atoms with van der Waals surface area (Å²) < 4.78 is 5.30. The van der Waals surface area contributed by atoms with Crippen LogP contribution in [0.4, 0.5) is 5.69 Å². The maximum Gasteiger partial charge on any atom is 0.142 e. The summed E-state index contributed by atoms with van der Waals surface area (Å²) in [6.45, 7) is 2.94. The SMILES string of the molecule is COc1ccc(C)c2c1NCC(N)C2. The minimum atomic E-state index is 0.216. The first-order chi connectivity index (χ1) is 6.72. The molecule has 76 valence electrons. The van der Waals surface area contributed by atoms with Crippen molar-refractivity contribution in [3.8, 4) is 5.75 Å². The predicted molar refractivity (Wildman–Crippen MR) is 57.9 cm³/mol. The molecule has 1 unspecified atom stereocenters. The van der Waals surface area contributed by atoms with Gasteiger partial charge >= 0.3 is 0 Å². The highest BCUT2D eigenvalue weighted by Gasteiger charge is 2.19.